The van der Waals surface area contributed by atoms with E-state index in [4.69, 9.17) is 37.4 Å². The maximum Gasteiger partial charge on any atom is 0.349 e. The van der Waals surface area contributed by atoms with Gasteiger partial charge in [0.25, 0.3) is 5.91 Å². The second-order valence-electron chi connectivity index (χ2n) is 10.1. The molecule has 0 spiro atoms. The Hall–Kier alpha value is -2.32. The molecule has 2 aromatic carbocycles. The summed E-state index contributed by atoms with van der Waals surface area (Å²) >= 11 is 12.5. The molecule has 9 heteroatoms. The van der Waals surface area contributed by atoms with E-state index >= 15 is 0 Å². The van der Waals surface area contributed by atoms with Crippen LogP contribution in [-0.2, 0) is 19.1 Å². The van der Waals surface area contributed by atoms with Gasteiger partial charge in [-0.25, -0.2) is 4.79 Å². The normalized spacial score (nSPS) is 14.9. The summed E-state index contributed by atoms with van der Waals surface area (Å²) in [4.78, 5) is 27.2. The highest BCUT2D eigenvalue weighted by Gasteiger charge is 2.34. The minimum absolute atomic E-state index is 0.127. The van der Waals surface area contributed by atoms with Crippen LogP contribution in [0.2, 0.25) is 35.7 Å². The molecular weight excluding hydrogens is 505 g/mol. The predicted octanol–water partition coefficient (Wildman–Crippen LogP) is 6.52. The van der Waals surface area contributed by atoms with E-state index in [9.17, 15) is 9.59 Å². The first-order valence-corrected chi connectivity index (χ1v) is 15.8. The second kappa shape index (κ2) is 10.7. The van der Waals surface area contributed by atoms with E-state index in [-0.39, 0.29) is 12.6 Å². The van der Waals surface area contributed by atoms with Crippen molar-refractivity contribution in [2.45, 2.75) is 45.1 Å². The van der Waals surface area contributed by atoms with Gasteiger partial charge in [0.1, 0.15) is 12.5 Å². The average molecular weight is 537 g/mol. The smallest absolute Gasteiger partial charge is 0.349 e. The number of carbonyl (C=O) groups is 2. The number of esters is 1. The Morgan fingerprint density at radius 2 is 1.74 bits per heavy atom. The van der Waals surface area contributed by atoms with Crippen LogP contribution in [0.1, 0.15) is 25.0 Å². The summed E-state index contributed by atoms with van der Waals surface area (Å²) in [6.07, 6.45) is 1.71. The average Bonchev–Trinajstić information content (AvgIpc) is 3.02. The van der Waals surface area contributed by atoms with Crippen LogP contribution in [-0.4, -0.2) is 46.0 Å². The molecule has 188 valence electrons. The van der Waals surface area contributed by atoms with Crippen molar-refractivity contribution >= 4 is 60.5 Å². The van der Waals surface area contributed by atoms with Gasteiger partial charge < -0.3 is 14.2 Å². The zero-order valence-corrected chi connectivity index (χ0v) is 23.4. The Bertz CT molecular complexity index is 1160. The number of hydrogen-bond donors (Lipinski definition) is 0. The van der Waals surface area contributed by atoms with Gasteiger partial charge >= 0.3 is 5.97 Å². The highest BCUT2D eigenvalue weighted by molar-refractivity contribution is 6.76. The summed E-state index contributed by atoms with van der Waals surface area (Å²) in [5.74, 6) is -0.344. The monoisotopic (exact) mass is 535 g/mol. The summed E-state index contributed by atoms with van der Waals surface area (Å²) in [5, 5.41) is 0.991. The molecule has 0 atom stereocenters. The van der Waals surface area contributed by atoms with Gasteiger partial charge in [-0.15, -0.1) is 0 Å². The third-order valence-electron chi connectivity index (χ3n) is 5.55. The van der Waals surface area contributed by atoms with Gasteiger partial charge in [0, 0.05) is 35.9 Å². The van der Waals surface area contributed by atoms with Gasteiger partial charge in [-0.2, -0.15) is 0 Å². The van der Waals surface area contributed by atoms with E-state index in [2.05, 4.69) is 19.6 Å². The Balaban J connectivity index is 1.97. The lowest BCUT2D eigenvalue weighted by molar-refractivity contribution is -0.156. The number of carbonyl (C=O) groups excluding carboxylic acids is 2. The summed E-state index contributed by atoms with van der Waals surface area (Å²) in [5.41, 5.74) is 1.18. The van der Waals surface area contributed by atoms with Gasteiger partial charge in [0.2, 0.25) is 0 Å². The molecule has 0 fully saturated rings. The molecule has 0 aromatic heterocycles. The molecule has 35 heavy (non-hydrogen) atoms. The fourth-order valence-corrected chi connectivity index (χ4v) is 4.67. The molecule has 0 N–H and O–H groups in total. The molecule has 1 aliphatic rings. The van der Waals surface area contributed by atoms with Crippen molar-refractivity contribution in [2.75, 3.05) is 25.3 Å². The molecule has 1 amide bonds. The molecule has 0 radical (unpaired) electrons. The van der Waals surface area contributed by atoms with E-state index < -0.39 is 19.6 Å². The molecule has 0 aliphatic carbocycles. The number of amides is 1. The van der Waals surface area contributed by atoms with Crippen LogP contribution in [0.25, 0.3) is 11.6 Å². The molecule has 0 saturated carbocycles. The fourth-order valence-electron chi connectivity index (χ4n) is 3.57. The van der Waals surface area contributed by atoms with Crippen molar-refractivity contribution in [1.29, 1.82) is 0 Å². The van der Waals surface area contributed by atoms with Crippen LogP contribution in [0.4, 0.5) is 5.69 Å². The molecule has 1 aliphatic heterocycles. The first kappa shape index (κ1) is 27.3. The van der Waals surface area contributed by atoms with Gasteiger partial charge in [-0.05, 0) is 56.3 Å². The number of benzene rings is 2. The number of hydrogen-bond acceptors (Lipinski definition) is 5. The lowest BCUT2D eigenvalue weighted by atomic mass is 10.0. The van der Waals surface area contributed by atoms with E-state index in [0.29, 0.717) is 39.2 Å². The number of ether oxygens (including phenoxy) is 3. The minimum atomic E-state index is -1.26. The van der Waals surface area contributed by atoms with Crippen LogP contribution in [0.15, 0.2) is 36.4 Å². The first-order valence-electron chi connectivity index (χ1n) is 11.3. The molecule has 3 rings (SSSR count). The summed E-state index contributed by atoms with van der Waals surface area (Å²) in [7, 11) is 0.0445. The van der Waals surface area contributed by atoms with Crippen molar-refractivity contribution in [3.05, 3.63) is 57.6 Å². The van der Waals surface area contributed by atoms with Gasteiger partial charge in [0.05, 0.1) is 18.4 Å². The number of fused-ring (bicyclic) bond motifs is 1. The highest BCUT2D eigenvalue weighted by atomic mass is 35.5. The minimum Gasteiger partial charge on any atom is -0.476 e. The summed E-state index contributed by atoms with van der Waals surface area (Å²) in [6, 6.07) is 11.3. The largest absolute Gasteiger partial charge is 0.476 e. The van der Waals surface area contributed by atoms with Gasteiger partial charge in [-0.3, -0.25) is 9.69 Å². The lowest BCUT2D eigenvalue weighted by Crippen LogP contribution is -2.39. The zero-order valence-electron chi connectivity index (χ0n) is 20.9. The molecule has 0 unspecified atom stereocenters. The second-order valence-corrected chi connectivity index (χ2v) is 16.6. The van der Waals surface area contributed by atoms with Crippen molar-refractivity contribution in [3.63, 3.8) is 0 Å². The van der Waals surface area contributed by atoms with Gasteiger partial charge in [0.15, 0.2) is 5.60 Å². The Kier molecular flexibility index (Phi) is 8.37. The topological polar surface area (TPSA) is 65.1 Å². The van der Waals surface area contributed by atoms with Gasteiger partial charge in [-0.1, -0.05) is 48.9 Å². The summed E-state index contributed by atoms with van der Waals surface area (Å²) < 4.78 is 16.7. The third kappa shape index (κ3) is 6.67. The number of methoxy groups -OCH3 is 1. The van der Waals surface area contributed by atoms with Crippen molar-refractivity contribution in [1.82, 2.24) is 0 Å². The van der Waals surface area contributed by atoms with E-state index in [0.717, 1.165) is 11.6 Å². The van der Waals surface area contributed by atoms with E-state index in [1.54, 1.807) is 55.2 Å². The molecule has 0 bridgehead atoms. The SMILES string of the molecule is COC(=O)C(C)(C)Oc1ccc(Cl)cc1/C=C1\C(=O)N(COCC[Si](C)(C)C)c2cc(Cl)ccc21. The fraction of sp³-hybridized carbons (Fsp3) is 0.385. The van der Waals surface area contributed by atoms with Crippen LogP contribution < -0.4 is 9.64 Å². The van der Waals surface area contributed by atoms with Crippen LogP contribution >= 0.6 is 23.2 Å². The Labute approximate surface area is 217 Å². The zero-order chi connectivity index (χ0) is 26.0. The molecule has 2 aromatic rings. The van der Waals surface area contributed by atoms with Crippen LogP contribution in [0.3, 0.4) is 0 Å². The standard InChI is InChI=1S/C26H31Cl2NO5Si/c1-26(2,25(31)32-3)34-23-10-8-18(27)13-17(23)14-21-20-9-7-19(28)15-22(20)29(24(21)30)16-33-11-12-35(4,5)6/h7-10,13-15H,11-12,16H2,1-6H3/b21-14-. The highest BCUT2D eigenvalue weighted by Crippen LogP contribution is 2.41. The maximum absolute atomic E-state index is 13.5. The van der Waals surface area contributed by atoms with E-state index in [1.807, 2.05) is 6.07 Å². The summed E-state index contributed by atoms with van der Waals surface area (Å²) in [6.45, 7) is 10.8. The van der Waals surface area contributed by atoms with Crippen molar-refractivity contribution in [3.8, 4) is 5.75 Å². The Morgan fingerprint density at radius 1 is 1.09 bits per heavy atom. The molecule has 0 saturated heterocycles. The van der Waals surface area contributed by atoms with Crippen molar-refractivity contribution < 1.29 is 23.8 Å². The van der Waals surface area contributed by atoms with Crippen molar-refractivity contribution in [2.24, 2.45) is 0 Å². The quantitative estimate of drug-likeness (QED) is 0.158. The Morgan fingerprint density at radius 3 is 2.40 bits per heavy atom. The molecule has 6 nitrogen and oxygen atoms in total. The molecular formula is C26H31Cl2NO5Si. The number of nitrogens with zero attached hydrogens (tertiary/aromatic N) is 1. The van der Waals surface area contributed by atoms with Crippen LogP contribution in [0, 0.1) is 0 Å². The van der Waals surface area contributed by atoms with Crippen LogP contribution in [0.5, 0.6) is 5.75 Å². The van der Waals surface area contributed by atoms with E-state index in [1.165, 1.54) is 7.11 Å². The number of rotatable bonds is 9. The maximum atomic E-state index is 13.5. The predicted molar refractivity (Wildman–Crippen MR) is 144 cm³/mol. The number of halogens is 2. The lowest BCUT2D eigenvalue weighted by Gasteiger charge is -2.24. The molecule has 1 heterocycles. The third-order valence-corrected chi connectivity index (χ3v) is 7.72. The number of anilines is 1. The first-order chi connectivity index (χ1) is 16.3.